The standard InChI is InChI=1S/C10H12N6O2S/c1-2-5-16-9(13-14-15-16)12-10(19)11-8(17)7-4-3-6-18-7/h3-4,6H,2,5H2,1H3,(H2,11,12,13,15,17,19). The summed E-state index contributed by atoms with van der Waals surface area (Å²) < 4.78 is 6.51. The van der Waals surface area contributed by atoms with Crippen LogP contribution in [0.4, 0.5) is 5.95 Å². The van der Waals surface area contributed by atoms with Crippen LogP contribution in [0.2, 0.25) is 0 Å². The smallest absolute Gasteiger partial charge is 0.293 e. The molecule has 2 aromatic rings. The van der Waals surface area contributed by atoms with Gasteiger partial charge in [0.25, 0.3) is 5.91 Å². The van der Waals surface area contributed by atoms with Gasteiger partial charge in [-0.25, -0.2) is 4.68 Å². The number of hydrogen-bond acceptors (Lipinski definition) is 6. The highest BCUT2D eigenvalue weighted by atomic mass is 32.1. The van der Waals surface area contributed by atoms with Crippen molar-refractivity contribution in [1.82, 2.24) is 25.5 Å². The summed E-state index contributed by atoms with van der Waals surface area (Å²) in [5.74, 6) is 0.126. The van der Waals surface area contributed by atoms with Gasteiger partial charge in [0, 0.05) is 6.54 Å². The van der Waals surface area contributed by atoms with Crippen molar-refractivity contribution in [3.63, 3.8) is 0 Å². The number of thiocarbonyl (C=S) groups is 1. The summed E-state index contributed by atoms with van der Waals surface area (Å²) in [5.41, 5.74) is 0. The Morgan fingerprint density at radius 2 is 2.42 bits per heavy atom. The van der Waals surface area contributed by atoms with Crippen molar-refractivity contribution < 1.29 is 9.21 Å². The van der Waals surface area contributed by atoms with E-state index in [-0.39, 0.29) is 10.9 Å². The Labute approximate surface area is 114 Å². The van der Waals surface area contributed by atoms with Crippen LogP contribution < -0.4 is 10.6 Å². The lowest BCUT2D eigenvalue weighted by molar-refractivity contribution is 0.0950. The molecule has 0 aliphatic carbocycles. The van der Waals surface area contributed by atoms with E-state index in [4.69, 9.17) is 16.6 Å². The molecule has 0 unspecified atom stereocenters. The van der Waals surface area contributed by atoms with Crippen molar-refractivity contribution >= 4 is 29.2 Å². The Bertz CT molecular complexity index is 564. The van der Waals surface area contributed by atoms with E-state index >= 15 is 0 Å². The molecule has 19 heavy (non-hydrogen) atoms. The summed E-state index contributed by atoms with van der Waals surface area (Å²) in [6, 6.07) is 3.16. The number of rotatable bonds is 4. The minimum absolute atomic E-state index is 0.105. The number of amides is 1. The zero-order chi connectivity index (χ0) is 13.7. The quantitative estimate of drug-likeness (QED) is 0.799. The molecule has 1 amide bonds. The molecule has 2 aromatic heterocycles. The first kappa shape index (κ1) is 13.1. The molecule has 2 heterocycles. The number of aryl methyl sites for hydroxylation is 1. The van der Waals surface area contributed by atoms with Gasteiger partial charge in [0.2, 0.25) is 5.95 Å². The summed E-state index contributed by atoms with van der Waals surface area (Å²) in [6.07, 6.45) is 2.29. The fourth-order valence-electron chi connectivity index (χ4n) is 1.36. The average molecular weight is 280 g/mol. The third kappa shape index (κ3) is 3.35. The highest BCUT2D eigenvalue weighted by Crippen LogP contribution is 2.02. The number of nitrogens with zero attached hydrogens (tertiary/aromatic N) is 4. The van der Waals surface area contributed by atoms with Crippen molar-refractivity contribution in [2.45, 2.75) is 19.9 Å². The molecular formula is C10H12N6O2S. The van der Waals surface area contributed by atoms with Crippen LogP contribution in [0.3, 0.4) is 0 Å². The molecular weight excluding hydrogens is 268 g/mol. The van der Waals surface area contributed by atoms with E-state index in [1.165, 1.54) is 6.26 Å². The van der Waals surface area contributed by atoms with Crippen LogP contribution in [0.1, 0.15) is 23.9 Å². The highest BCUT2D eigenvalue weighted by molar-refractivity contribution is 7.80. The van der Waals surface area contributed by atoms with Crippen molar-refractivity contribution in [3.05, 3.63) is 24.2 Å². The van der Waals surface area contributed by atoms with Gasteiger partial charge in [-0.3, -0.25) is 15.4 Å². The third-order valence-electron chi connectivity index (χ3n) is 2.16. The number of furan rings is 1. The predicted octanol–water partition coefficient (Wildman–Crippen LogP) is 0.803. The summed E-state index contributed by atoms with van der Waals surface area (Å²) in [6.45, 7) is 2.66. The average Bonchev–Trinajstić information content (AvgIpc) is 3.01. The summed E-state index contributed by atoms with van der Waals surface area (Å²) in [4.78, 5) is 11.7. The van der Waals surface area contributed by atoms with Crippen molar-refractivity contribution in [3.8, 4) is 0 Å². The monoisotopic (exact) mass is 280 g/mol. The van der Waals surface area contributed by atoms with Crippen molar-refractivity contribution in [1.29, 1.82) is 0 Å². The molecule has 0 bridgehead atoms. The lowest BCUT2D eigenvalue weighted by Gasteiger charge is -2.07. The van der Waals surface area contributed by atoms with E-state index < -0.39 is 5.91 Å². The Morgan fingerprint density at radius 1 is 1.58 bits per heavy atom. The first-order valence-electron chi connectivity index (χ1n) is 5.62. The van der Waals surface area contributed by atoms with E-state index in [0.717, 1.165) is 6.42 Å². The molecule has 0 saturated heterocycles. The van der Waals surface area contributed by atoms with Gasteiger partial charge in [-0.15, -0.1) is 0 Å². The highest BCUT2D eigenvalue weighted by Gasteiger charge is 2.12. The van der Waals surface area contributed by atoms with Crippen LogP contribution >= 0.6 is 12.2 Å². The van der Waals surface area contributed by atoms with Gasteiger partial charge >= 0.3 is 0 Å². The number of carbonyl (C=O) groups excluding carboxylic acids is 1. The van der Waals surface area contributed by atoms with E-state index in [9.17, 15) is 4.79 Å². The second-order valence-electron chi connectivity index (χ2n) is 3.61. The summed E-state index contributed by atoms with van der Waals surface area (Å²) in [5, 5.41) is 16.4. The Balaban J connectivity index is 1.94. The van der Waals surface area contributed by atoms with Gasteiger partial charge in [0.1, 0.15) is 0 Å². The van der Waals surface area contributed by atoms with Gasteiger partial charge in [0.05, 0.1) is 6.26 Å². The Hall–Kier alpha value is -2.29. The second kappa shape index (κ2) is 6.05. The molecule has 2 N–H and O–H groups in total. The zero-order valence-electron chi connectivity index (χ0n) is 10.2. The topological polar surface area (TPSA) is 97.9 Å². The Morgan fingerprint density at radius 3 is 3.11 bits per heavy atom. The summed E-state index contributed by atoms with van der Waals surface area (Å²) in [7, 11) is 0. The number of aromatic nitrogens is 4. The normalized spacial score (nSPS) is 10.2. The minimum atomic E-state index is -0.433. The molecule has 0 atom stereocenters. The molecule has 0 aliphatic heterocycles. The van der Waals surface area contributed by atoms with Crippen LogP contribution in [0, 0.1) is 0 Å². The zero-order valence-corrected chi connectivity index (χ0v) is 11.0. The van der Waals surface area contributed by atoms with Gasteiger partial charge in [-0.2, -0.15) is 0 Å². The number of nitrogens with one attached hydrogen (secondary N) is 2. The van der Waals surface area contributed by atoms with E-state index in [1.807, 2.05) is 6.92 Å². The van der Waals surface area contributed by atoms with Crippen LogP contribution in [-0.4, -0.2) is 31.2 Å². The molecule has 0 fully saturated rings. The molecule has 0 aromatic carbocycles. The van der Waals surface area contributed by atoms with E-state index in [0.29, 0.717) is 12.5 Å². The van der Waals surface area contributed by atoms with Gasteiger partial charge in [0.15, 0.2) is 10.9 Å². The maximum atomic E-state index is 11.7. The van der Waals surface area contributed by atoms with Crippen LogP contribution in [0.5, 0.6) is 0 Å². The molecule has 9 heteroatoms. The number of hydrogen-bond donors (Lipinski definition) is 2. The molecule has 8 nitrogen and oxygen atoms in total. The van der Waals surface area contributed by atoms with Crippen molar-refractivity contribution in [2.24, 2.45) is 0 Å². The van der Waals surface area contributed by atoms with E-state index in [1.54, 1.807) is 16.8 Å². The Kier molecular flexibility index (Phi) is 4.18. The predicted molar refractivity (Wildman–Crippen MR) is 70.5 cm³/mol. The molecule has 0 spiro atoms. The maximum Gasteiger partial charge on any atom is 0.293 e. The van der Waals surface area contributed by atoms with E-state index in [2.05, 4.69) is 26.2 Å². The molecule has 0 radical (unpaired) electrons. The minimum Gasteiger partial charge on any atom is -0.459 e. The fourth-order valence-corrected chi connectivity index (χ4v) is 1.55. The number of carbonyl (C=O) groups is 1. The molecule has 0 saturated carbocycles. The second-order valence-corrected chi connectivity index (χ2v) is 4.02. The van der Waals surface area contributed by atoms with Crippen molar-refractivity contribution in [2.75, 3.05) is 5.32 Å². The first-order chi connectivity index (χ1) is 9.20. The number of tetrazole rings is 1. The maximum absolute atomic E-state index is 11.7. The van der Waals surface area contributed by atoms with Gasteiger partial charge in [-0.05, 0) is 41.2 Å². The van der Waals surface area contributed by atoms with Gasteiger partial charge in [-0.1, -0.05) is 12.0 Å². The van der Waals surface area contributed by atoms with Crippen LogP contribution in [0.15, 0.2) is 22.8 Å². The SMILES string of the molecule is CCCn1nnnc1NC(=S)NC(=O)c1ccco1. The fraction of sp³-hybridized carbons (Fsp3) is 0.300. The largest absolute Gasteiger partial charge is 0.459 e. The lowest BCUT2D eigenvalue weighted by Crippen LogP contribution is -2.34. The molecule has 2 rings (SSSR count). The van der Waals surface area contributed by atoms with Crippen LogP contribution in [-0.2, 0) is 6.54 Å². The van der Waals surface area contributed by atoms with Crippen LogP contribution in [0.25, 0.3) is 0 Å². The third-order valence-corrected chi connectivity index (χ3v) is 2.37. The van der Waals surface area contributed by atoms with Gasteiger partial charge < -0.3 is 4.42 Å². The first-order valence-corrected chi connectivity index (χ1v) is 6.03. The lowest BCUT2D eigenvalue weighted by atomic mass is 10.4. The summed E-state index contributed by atoms with van der Waals surface area (Å²) >= 11 is 5.00. The molecule has 100 valence electrons. The molecule has 0 aliphatic rings. The number of anilines is 1.